The number of hydrogen-bond acceptors (Lipinski definition) is 3. The number of quaternary nitrogens is 1. The van der Waals surface area contributed by atoms with Crippen LogP contribution in [0.5, 0.6) is 0 Å². The summed E-state index contributed by atoms with van der Waals surface area (Å²) in [5, 5.41) is 28.1. The molecule has 0 aliphatic carbocycles. The van der Waals surface area contributed by atoms with Crippen molar-refractivity contribution in [3.05, 3.63) is 12.3 Å². The van der Waals surface area contributed by atoms with E-state index in [2.05, 4.69) is 19.2 Å². The third-order valence-corrected chi connectivity index (χ3v) is 7.43. The Hall–Kier alpha value is -1.89. The van der Waals surface area contributed by atoms with Crippen LogP contribution in [0.4, 0.5) is 0 Å². The van der Waals surface area contributed by atoms with E-state index in [0.717, 1.165) is 12.8 Å². The number of nitrogens with zero attached hydrogens (tertiary/aromatic N) is 1. The summed E-state index contributed by atoms with van der Waals surface area (Å²) in [6, 6.07) is 0. The molecule has 0 aliphatic rings. The monoisotopic (exact) mass is 512 g/mol. The molecule has 0 spiro atoms. The Kier molecular flexibility index (Phi) is 19.1. The predicted octanol–water partition coefficient (Wildman–Crippen LogP) is 6.96. The lowest BCUT2D eigenvalue weighted by Crippen LogP contribution is -2.47. The summed E-state index contributed by atoms with van der Waals surface area (Å²) in [4.78, 5) is 34.3. The summed E-state index contributed by atoms with van der Waals surface area (Å²) < 4.78 is 0.435. The van der Waals surface area contributed by atoms with E-state index in [1.807, 2.05) is 0 Å². The van der Waals surface area contributed by atoms with Crippen molar-refractivity contribution in [2.75, 3.05) is 19.6 Å². The molecular formula is C29H54NO6+. The zero-order valence-electron chi connectivity index (χ0n) is 23.4. The molecule has 7 heteroatoms. The van der Waals surface area contributed by atoms with Crippen molar-refractivity contribution >= 4 is 17.9 Å². The predicted molar refractivity (Wildman–Crippen MR) is 145 cm³/mol. The van der Waals surface area contributed by atoms with Gasteiger partial charge in [-0.1, -0.05) is 85.5 Å². The third-order valence-electron chi connectivity index (χ3n) is 7.43. The summed E-state index contributed by atoms with van der Waals surface area (Å²) in [5.74, 6) is -4.06. The first-order valence-electron chi connectivity index (χ1n) is 14.3. The molecular weight excluding hydrogens is 458 g/mol. The van der Waals surface area contributed by atoms with E-state index in [4.69, 9.17) is 0 Å². The first kappa shape index (κ1) is 34.1. The molecule has 0 aliphatic heterocycles. The molecule has 0 bridgehead atoms. The van der Waals surface area contributed by atoms with Crippen molar-refractivity contribution in [1.82, 2.24) is 0 Å². The molecule has 7 nitrogen and oxygen atoms in total. The van der Waals surface area contributed by atoms with Crippen molar-refractivity contribution < 1.29 is 34.2 Å². The molecule has 0 saturated carbocycles. The lowest BCUT2D eigenvalue weighted by molar-refractivity contribution is -0.881. The quantitative estimate of drug-likeness (QED) is 0.0952. The Bertz CT molecular complexity index is 588. The van der Waals surface area contributed by atoms with Gasteiger partial charge in [-0.15, -0.1) is 0 Å². The van der Waals surface area contributed by atoms with E-state index in [9.17, 15) is 29.7 Å². The molecule has 0 fully saturated rings. The molecule has 0 heterocycles. The van der Waals surface area contributed by atoms with Crippen molar-refractivity contribution in [3.63, 3.8) is 0 Å². The largest absolute Gasteiger partial charge is 0.481 e. The maximum Gasteiger partial charge on any atom is 0.306 e. The number of hydrogen-bond donors (Lipinski definition) is 3. The van der Waals surface area contributed by atoms with Crippen LogP contribution < -0.4 is 0 Å². The van der Waals surface area contributed by atoms with Gasteiger partial charge >= 0.3 is 17.9 Å². The van der Waals surface area contributed by atoms with Crippen molar-refractivity contribution in [2.24, 2.45) is 17.8 Å². The normalized spacial score (nSPS) is 15.9. The molecule has 0 saturated heterocycles. The van der Waals surface area contributed by atoms with E-state index in [-0.39, 0.29) is 0 Å². The summed E-state index contributed by atoms with van der Waals surface area (Å²) in [5.41, 5.74) is 0. The van der Waals surface area contributed by atoms with Crippen molar-refractivity contribution in [2.45, 2.75) is 118 Å². The fraction of sp³-hybridized carbons (Fsp3) is 0.828. The molecule has 0 aromatic rings. The van der Waals surface area contributed by atoms with Gasteiger partial charge in [-0.3, -0.25) is 18.9 Å². The maximum absolute atomic E-state index is 11.4. The number of allylic oxidation sites excluding steroid dienone is 1. The molecule has 3 atom stereocenters. The van der Waals surface area contributed by atoms with Gasteiger partial charge in [-0.25, -0.2) is 0 Å². The minimum Gasteiger partial charge on any atom is -0.481 e. The Morgan fingerprint density at radius 2 is 0.944 bits per heavy atom. The summed E-state index contributed by atoms with van der Waals surface area (Å²) in [7, 11) is 0. The highest BCUT2D eigenvalue weighted by Crippen LogP contribution is 2.21. The van der Waals surface area contributed by atoms with Crippen LogP contribution in [0, 0.1) is 17.8 Å². The Morgan fingerprint density at radius 1 is 0.611 bits per heavy atom. The van der Waals surface area contributed by atoms with Gasteiger partial charge in [-0.2, -0.15) is 0 Å². The minimum atomic E-state index is -0.847. The minimum absolute atomic E-state index is 0.435. The van der Waals surface area contributed by atoms with Crippen LogP contribution in [-0.4, -0.2) is 57.3 Å². The number of carbonyl (C=O) groups is 3. The summed E-state index contributed by atoms with van der Waals surface area (Å²) in [6.07, 6.45) is 19.3. The smallest absolute Gasteiger partial charge is 0.306 e. The Labute approximate surface area is 219 Å². The van der Waals surface area contributed by atoms with Gasteiger partial charge in [-0.05, 0) is 18.9 Å². The Balaban J connectivity index is 5.05. The lowest BCUT2D eigenvalue weighted by atomic mass is 10.0. The third kappa shape index (κ3) is 16.7. The van der Waals surface area contributed by atoms with E-state index >= 15 is 0 Å². The van der Waals surface area contributed by atoms with Crippen LogP contribution in [-0.2, 0) is 14.4 Å². The van der Waals surface area contributed by atoms with Crippen LogP contribution in [0.3, 0.4) is 0 Å². The molecule has 0 aromatic carbocycles. The van der Waals surface area contributed by atoms with Crippen LogP contribution in [0.25, 0.3) is 0 Å². The second-order valence-electron chi connectivity index (χ2n) is 10.8. The molecule has 36 heavy (non-hydrogen) atoms. The SMILES string of the molecule is CCCCCCCCCCCC/C=C/[N+](CCC(C)C(=O)O)(CCC(C)C(=O)O)CCC(C)C(=O)O. The van der Waals surface area contributed by atoms with Crippen LogP contribution >= 0.6 is 0 Å². The fourth-order valence-electron chi connectivity index (χ4n) is 4.33. The molecule has 3 unspecified atom stereocenters. The van der Waals surface area contributed by atoms with Crippen molar-refractivity contribution in [3.8, 4) is 0 Å². The van der Waals surface area contributed by atoms with Gasteiger partial charge in [0, 0.05) is 19.3 Å². The summed E-state index contributed by atoms with van der Waals surface area (Å²) >= 11 is 0. The van der Waals surface area contributed by atoms with Gasteiger partial charge in [0.05, 0.1) is 43.6 Å². The fourth-order valence-corrected chi connectivity index (χ4v) is 4.33. The lowest BCUT2D eigenvalue weighted by Gasteiger charge is -2.37. The van der Waals surface area contributed by atoms with Gasteiger partial charge < -0.3 is 15.3 Å². The number of carboxylic acids is 3. The number of rotatable bonds is 24. The molecule has 0 amide bonds. The van der Waals surface area contributed by atoms with Crippen molar-refractivity contribution in [1.29, 1.82) is 0 Å². The van der Waals surface area contributed by atoms with E-state index < -0.39 is 35.7 Å². The first-order valence-corrected chi connectivity index (χ1v) is 14.3. The highest BCUT2D eigenvalue weighted by atomic mass is 16.4. The number of aliphatic carboxylic acids is 3. The van der Waals surface area contributed by atoms with Gasteiger partial charge in [0.15, 0.2) is 0 Å². The zero-order valence-corrected chi connectivity index (χ0v) is 23.4. The topological polar surface area (TPSA) is 112 Å². The first-order chi connectivity index (χ1) is 17.0. The van der Waals surface area contributed by atoms with Gasteiger partial charge in [0.2, 0.25) is 0 Å². The van der Waals surface area contributed by atoms with E-state index in [1.165, 1.54) is 57.8 Å². The second kappa shape index (κ2) is 20.2. The Morgan fingerprint density at radius 3 is 1.28 bits per heavy atom. The van der Waals surface area contributed by atoms with E-state index in [1.54, 1.807) is 20.8 Å². The molecule has 3 N–H and O–H groups in total. The molecule has 0 aromatic heterocycles. The van der Waals surface area contributed by atoms with Crippen LogP contribution in [0.15, 0.2) is 12.3 Å². The molecule has 0 radical (unpaired) electrons. The van der Waals surface area contributed by atoms with Gasteiger partial charge in [0.25, 0.3) is 0 Å². The van der Waals surface area contributed by atoms with Gasteiger partial charge in [0.1, 0.15) is 0 Å². The van der Waals surface area contributed by atoms with Crippen LogP contribution in [0.1, 0.15) is 118 Å². The van der Waals surface area contributed by atoms with Crippen LogP contribution in [0.2, 0.25) is 0 Å². The average Bonchev–Trinajstić information content (AvgIpc) is 2.84. The highest BCUT2D eigenvalue weighted by Gasteiger charge is 2.30. The molecule has 210 valence electrons. The highest BCUT2D eigenvalue weighted by molar-refractivity contribution is 5.70. The zero-order chi connectivity index (χ0) is 27.4. The van der Waals surface area contributed by atoms with E-state index in [0.29, 0.717) is 43.4 Å². The number of unbranched alkanes of at least 4 members (excludes halogenated alkanes) is 10. The standard InChI is InChI=1S/C29H53NO6/c1-5-6-7-8-9-10-11-12-13-14-15-16-20-30(21-17-24(2)27(31)32,22-18-25(3)28(33)34)23-19-26(4)29(35)36/h16,20,24-26H,5-15,17-19,21-23H2,1-4H3,(H2-,31,32,33,34,35,36)/p+1/b20-16+. The second-order valence-corrected chi connectivity index (χ2v) is 10.8. The maximum atomic E-state index is 11.4. The molecule has 0 rings (SSSR count). The average molecular weight is 513 g/mol. The summed E-state index contributed by atoms with van der Waals surface area (Å²) in [6.45, 7) is 8.96. The number of carboxylic acid groups (broad SMARTS) is 3.